The average Bonchev–Trinajstić information content (AvgIpc) is 2.79. The van der Waals surface area contributed by atoms with Crippen molar-refractivity contribution in [3.63, 3.8) is 0 Å². The maximum atomic E-state index is 12.9. The molecule has 4 rings (SSSR count). The van der Waals surface area contributed by atoms with Crippen LogP contribution in [0.25, 0.3) is 0 Å². The number of alkyl halides is 3. The van der Waals surface area contributed by atoms with Gasteiger partial charge in [0.05, 0.1) is 23.7 Å². The molecule has 0 aliphatic carbocycles. The van der Waals surface area contributed by atoms with Crippen molar-refractivity contribution >= 4 is 21.7 Å². The van der Waals surface area contributed by atoms with Gasteiger partial charge < -0.3 is 14.5 Å². The molecule has 31 heavy (non-hydrogen) atoms. The number of hydrogen-bond donors (Lipinski definition) is 0. The van der Waals surface area contributed by atoms with Crippen LogP contribution in [0.1, 0.15) is 5.56 Å². The van der Waals surface area contributed by atoms with Crippen LogP contribution in [0.3, 0.4) is 0 Å². The van der Waals surface area contributed by atoms with Crippen LogP contribution in [0, 0.1) is 0 Å². The third-order valence-electron chi connectivity index (χ3n) is 5.33. The maximum absolute atomic E-state index is 12.9. The molecule has 12 heteroatoms. The van der Waals surface area contributed by atoms with Gasteiger partial charge in [-0.15, -0.1) is 10.2 Å². The summed E-state index contributed by atoms with van der Waals surface area (Å²) in [4.78, 5) is 3.64. The second kappa shape index (κ2) is 8.60. The number of ether oxygens (including phenoxy) is 1. The monoisotopic (exact) mass is 457 g/mol. The first-order valence-electron chi connectivity index (χ1n) is 9.84. The third-order valence-corrected chi connectivity index (χ3v) is 7.23. The molecule has 1 aromatic carbocycles. The minimum absolute atomic E-state index is 0.144. The van der Waals surface area contributed by atoms with Crippen LogP contribution < -0.4 is 9.80 Å². The first-order chi connectivity index (χ1) is 14.7. The second-order valence-corrected chi connectivity index (χ2v) is 9.20. The number of sulfonamides is 1. The van der Waals surface area contributed by atoms with Crippen molar-refractivity contribution in [3.8, 4) is 0 Å². The number of benzene rings is 1. The number of hydrogen-bond acceptors (Lipinski definition) is 7. The minimum Gasteiger partial charge on any atom is -0.378 e. The van der Waals surface area contributed by atoms with Gasteiger partial charge in [0.1, 0.15) is 0 Å². The van der Waals surface area contributed by atoms with Gasteiger partial charge in [0, 0.05) is 39.3 Å². The number of anilines is 2. The van der Waals surface area contributed by atoms with Gasteiger partial charge in [-0.25, -0.2) is 8.42 Å². The van der Waals surface area contributed by atoms with Crippen LogP contribution in [-0.2, 0) is 20.9 Å². The molecule has 3 heterocycles. The molecule has 0 N–H and O–H groups in total. The highest BCUT2D eigenvalue weighted by molar-refractivity contribution is 7.89. The number of morpholine rings is 1. The summed E-state index contributed by atoms with van der Waals surface area (Å²) in [5, 5.41) is 8.53. The van der Waals surface area contributed by atoms with Gasteiger partial charge in [-0.2, -0.15) is 17.5 Å². The zero-order valence-electron chi connectivity index (χ0n) is 16.6. The van der Waals surface area contributed by atoms with Crippen molar-refractivity contribution in [2.75, 3.05) is 62.3 Å². The van der Waals surface area contributed by atoms with Gasteiger partial charge in [0.25, 0.3) is 0 Å². The van der Waals surface area contributed by atoms with Crippen LogP contribution in [0.15, 0.2) is 41.3 Å². The van der Waals surface area contributed by atoms with Gasteiger partial charge in [0.15, 0.2) is 11.6 Å². The molecule has 2 aromatic rings. The maximum Gasteiger partial charge on any atom is 0.416 e. The fraction of sp³-hybridized carbons (Fsp3) is 0.474. The largest absolute Gasteiger partial charge is 0.416 e. The Labute approximate surface area is 178 Å². The lowest BCUT2D eigenvalue weighted by Crippen LogP contribution is -2.49. The van der Waals surface area contributed by atoms with Crippen molar-refractivity contribution in [1.82, 2.24) is 14.5 Å². The van der Waals surface area contributed by atoms with E-state index in [1.807, 2.05) is 17.0 Å². The molecule has 0 atom stereocenters. The SMILES string of the molecule is O=S(=O)(c1cccc(C(F)(F)F)c1)N1CCN(c2ccc(N3CCOCC3)nn2)CC1. The lowest BCUT2D eigenvalue weighted by atomic mass is 10.2. The zero-order valence-corrected chi connectivity index (χ0v) is 17.4. The van der Waals surface area contributed by atoms with E-state index in [1.165, 1.54) is 10.4 Å². The molecule has 0 radical (unpaired) electrons. The summed E-state index contributed by atoms with van der Waals surface area (Å²) in [6.07, 6.45) is -4.60. The Morgan fingerprint density at radius 3 is 1.97 bits per heavy atom. The number of aromatic nitrogens is 2. The molecule has 0 spiro atoms. The lowest BCUT2D eigenvalue weighted by Gasteiger charge is -2.34. The van der Waals surface area contributed by atoms with E-state index in [9.17, 15) is 21.6 Å². The van der Waals surface area contributed by atoms with E-state index >= 15 is 0 Å². The number of rotatable bonds is 4. The Balaban J connectivity index is 1.41. The minimum atomic E-state index is -4.60. The summed E-state index contributed by atoms with van der Waals surface area (Å²) >= 11 is 0. The van der Waals surface area contributed by atoms with E-state index in [2.05, 4.69) is 15.1 Å². The van der Waals surface area contributed by atoms with Crippen LogP contribution in [0.2, 0.25) is 0 Å². The number of piperazine rings is 1. The third kappa shape index (κ3) is 4.75. The van der Waals surface area contributed by atoms with Crippen LogP contribution >= 0.6 is 0 Å². The standard InChI is InChI=1S/C19H22F3N5O3S/c20-19(21,22)15-2-1-3-16(14-15)31(28,29)27-8-6-25(7-9-27)17-4-5-18(24-23-17)26-10-12-30-13-11-26/h1-5,14H,6-13H2. The highest BCUT2D eigenvalue weighted by atomic mass is 32.2. The smallest absolute Gasteiger partial charge is 0.378 e. The van der Waals surface area contributed by atoms with Crippen LogP contribution in [0.4, 0.5) is 24.8 Å². The highest BCUT2D eigenvalue weighted by Crippen LogP contribution is 2.31. The van der Waals surface area contributed by atoms with Gasteiger partial charge in [-0.1, -0.05) is 6.07 Å². The predicted octanol–water partition coefficient (Wildman–Crippen LogP) is 1.84. The van der Waals surface area contributed by atoms with Gasteiger partial charge in [0.2, 0.25) is 10.0 Å². The molecule has 2 aliphatic heterocycles. The summed E-state index contributed by atoms with van der Waals surface area (Å²) in [6, 6.07) is 7.55. The predicted molar refractivity (Wildman–Crippen MR) is 107 cm³/mol. The molecular formula is C19H22F3N5O3S. The van der Waals surface area contributed by atoms with Gasteiger partial charge in [-0.05, 0) is 30.3 Å². The van der Waals surface area contributed by atoms with Crippen LogP contribution in [-0.4, -0.2) is 75.4 Å². The molecule has 0 saturated carbocycles. The van der Waals surface area contributed by atoms with Crippen LogP contribution in [0.5, 0.6) is 0 Å². The Kier molecular flexibility index (Phi) is 6.04. The Morgan fingerprint density at radius 1 is 0.839 bits per heavy atom. The van der Waals surface area contributed by atoms with Crippen molar-refractivity contribution in [2.45, 2.75) is 11.1 Å². The summed E-state index contributed by atoms with van der Waals surface area (Å²) in [6.45, 7) is 3.81. The van der Waals surface area contributed by atoms with E-state index in [4.69, 9.17) is 4.74 Å². The quantitative estimate of drug-likeness (QED) is 0.693. The molecule has 2 fully saturated rings. The molecule has 2 saturated heterocycles. The van der Waals surface area contributed by atoms with Crippen molar-refractivity contribution < 1.29 is 26.3 Å². The van der Waals surface area contributed by atoms with Gasteiger partial charge in [-0.3, -0.25) is 0 Å². The Hall–Kier alpha value is -2.44. The van der Waals surface area contributed by atoms with E-state index in [-0.39, 0.29) is 18.0 Å². The molecule has 168 valence electrons. The van der Waals surface area contributed by atoms with Crippen molar-refractivity contribution in [2.24, 2.45) is 0 Å². The van der Waals surface area contributed by atoms with E-state index in [0.29, 0.717) is 38.2 Å². The molecular weight excluding hydrogens is 435 g/mol. The number of nitrogens with zero attached hydrogens (tertiary/aromatic N) is 5. The zero-order chi connectivity index (χ0) is 22.1. The molecule has 2 aliphatic rings. The summed E-state index contributed by atoms with van der Waals surface area (Å²) < 4.78 is 71.0. The summed E-state index contributed by atoms with van der Waals surface area (Å²) in [5.41, 5.74) is -0.983. The summed E-state index contributed by atoms with van der Waals surface area (Å²) in [5.74, 6) is 1.39. The molecule has 8 nitrogen and oxygen atoms in total. The van der Waals surface area contributed by atoms with Gasteiger partial charge >= 0.3 is 6.18 Å². The topological polar surface area (TPSA) is 78.9 Å². The van der Waals surface area contributed by atoms with E-state index in [1.54, 1.807) is 0 Å². The molecule has 0 amide bonds. The fourth-order valence-electron chi connectivity index (χ4n) is 3.59. The molecule has 1 aromatic heterocycles. The highest BCUT2D eigenvalue weighted by Gasteiger charge is 2.34. The van der Waals surface area contributed by atoms with E-state index < -0.39 is 21.8 Å². The van der Waals surface area contributed by atoms with Crippen molar-refractivity contribution in [1.29, 1.82) is 0 Å². The van der Waals surface area contributed by atoms with E-state index in [0.717, 1.165) is 31.0 Å². The first-order valence-corrected chi connectivity index (χ1v) is 11.3. The average molecular weight is 457 g/mol. The lowest BCUT2D eigenvalue weighted by molar-refractivity contribution is -0.137. The second-order valence-electron chi connectivity index (χ2n) is 7.27. The normalized spacial score (nSPS) is 18.9. The molecule has 0 unspecified atom stereocenters. The Morgan fingerprint density at radius 2 is 1.42 bits per heavy atom. The Bertz CT molecular complexity index is 1000. The molecule has 0 bridgehead atoms. The first kappa shape index (κ1) is 21.8. The summed E-state index contributed by atoms with van der Waals surface area (Å²) in [7, 11) is -4.02. The van der Waals surface area contributed by atoms with Crippen molar-refractivity contribution in [3.05, 3.63) is 42.0 Å². The fourth-order valence-corrected chi connectivity index (χ4v) is 5.06. The number of halogens is 3.